The summed E-state index contributed by atoms with van der Waals surface area (Å²) < 4.78 is 0. The van der Waals surface area contributed by atoms with Crippen molar-refractivity contribution in [1.82, 2.24) is 0 Å². The number of allylic oxidation sites excluding steroid dienone is 1. The standard InChI is InChI=1S/C11H22O.C4H6O4/c1-3-5-6-7-8-9-10-11(12)4-2;5-3(6)1-2-4(7)8/h9-12H,3-8H2,1-2H3;1-2H2,(H,5,6)(H,7,8). The molecule has 1 unspecified atom stereocenters. The van der Waals surface area contributed by atoms with Crippen molar-refractivity contribution in [1.29, 1.82) is 0 Å². The molecule has 0 aromatic carbocycles. The molecule has 0 heterocycles. The monoisotopic (exact) mass is 288 g/mol. The molecule has 3 N–H and O–H groups in total. The molecule has 5 heteroatoms. The minimum absolute atomic E-state index is 0.226. The third-order valence-electron chi connectivity index (χ3n) is 2.55. The van der Waals surface area contributed by atoms with Crippen molar-refractivity contribution in [3.8, 4) is 0 Å². The van der Waals surface area contributed by atoms with E-state index in [2.05, 4.69) is 13.0 Å². The van der Waals surface area contributed by atoms with Crippen LogP contribution in [-0.2, 0) is 9.59 Å². The summed E-state index contributed by atoms with van der Waals surface area (Å²) in [6, 6.07) is 0. The van der Waals surface area contributed by atoms with Gasteiger partial charge in [0.05, 0.1) is 18.9 Å². The molecule has 0 rings (SSSR count). The molecule has 1 atom stereocenters. The van der Waals surface area contributed by atoms with Crippen LogP contribution in [0.2, 0.25) is 0 Å². The van der Waals surface area contributed by atoms with E-state index in [1.807, 2.05) is 13.0 Å². The summed E-state index contributed by atoms with van der Waals surface area (Å²) >= 11 is 0. The number of aliphatic carboxylic acids is 2. The quantitative estimate of drug-likeness (QED) is 0.424. The lowest BCUT2D eigenvalue weighted by molar-refractivity contribution is -0.143. The van der Waals surface area contributed by atoms with Gasteiger partial charge in [0.1, 0.15) is 0 Å². The van der Waals surface area contributed by atoms with Crippen LogP contribution in [0.5, 0.6) is 0 Å². The molecule has 0 aliphatic rings. The number of aliphatic hydroxyl groups is 1. The fourth-order valence-corrected chi connectivity index (χ4v) is 1.29. The van der Waals surface area contributed by atoms with Gasteiger partial charge in [0, 0.05) is 0 Å². The average molecular weight is 288 g/mol. The van der Waals surface area contributed by atoms with Gasteiger partial charge in [-0.25, -0.2) is 0 Å². The zero-order valence-corrected chi connectivity index (χ0v) is 12.5. The number of hydrogen-bond acceptors (Lipinski definition) is 3. The van der Waals surface area contributed by atoms with Crippen LogP contribution >= 0.6 is 0 Å². The van der Waals surface area contributed by atoms with Gasteiger partial charge in [0.25, 0.3) is 0 Å². The lowest BCUT2D eigenvalue weighted by atomic mass is 10.1. The van der Waals surface area contributed by atoms with Crippen LogP contribution in [0, 0.1) is 0 Å². The van der Waals surface area contributed by atoms with E-state index in [1.165, 1.54) is 25.7 Å². The van der Waals surface area contributed by atoms with E-state index in [1.54, 1.807) is 0 Å². The largest absolute Gasteiger partial charge is 0.481 e. The summed E-state index contributed by atoms with van der Waals surface area (Å²) in [5.41, 5.74) is 0. The van der Waals surface area contributed by atoms with Crippen molar-refractivity contribution in [3.63, 3.8) is 0 Å². The molecule has 20 heavy (non-hydrogen) atoms. The van der Waals surface area contributed by atoms with Gasteiger partial charge in [0.2, 0.25) is 0 Å². The maximum atomic E-state index is 9.64. The fraction of sp³-hybridized carbons (Fsp3) is 0.733. The molecule has 0 radical (unpaired) electrons. The molecule has 0 saturated heterocycles. The van der Waals surface area contributed by atoms with E-state index in [0.717, 1.165) is 12.8 Å². The Morgan fingerprint density at radius 3 is 1.95 bits per heavy atom. The Hall–Kier alpha value is -1.36. The van der Waals surface area contributed by atoms with Crippen LogP contribution < -0.4 is 0 Å². The van der Waals surface area contributed by atoms with Crippen LogP contribution in [0.25, 0.3) is 0 Å². The highest BCUT2D eigenvalue weighted by molar-refractivity contribution is 5.75. The predicted molar refractivity (Wildman–Crippen MR) is 78.7 cm³/mol. The molecule has 0 bridgehead atoms. The zero-order chi connectivity index (χ0) is 15.8. The average Bonchev–Trinajstić information content (AvgIpc) is 2.40. The van der Waals surface area contributed by atoms with Crippen LogP contribution in [0.4, 0.5) is 0 Å². The van der Waals surface area contributed by atoms with Crippen molar-refractivity contribution in [3.05, 3.63) is 12.2 Å². The van der Waals surface area contributed by atoms with Crippen LogP contribution in [0.15, 0.2) is 12.2 Å². The summed E-state index contributed by atoms with van der Waals surface area (Å²) in [7, 11) is 0. The number of carboxylic acids is 2. The molecular formula is C15H28O5. The summed E-state index contributed by atoms with van der Waals surface area (Å²) in [5, 5.41) is 25.0. The van der Waals surface area contributed by atoms with Crippen molar-refractivity contribution >= 4 is 11.9 Å². The maximum absolute atomic E-state index is 9.64. The first-order valence-electron chi connectivity index (χ1n) is 7.22. The van der Waals surface area contributed by atoms with Crippen molar-refractivity contribution in [2.75, 3.05) is 0 Å². The zero-order valence-electron chi connectivity index (χ0n) is 12.5. The van der Waals surface area contributed by atoms with Gasteiger partial charge in [0.15, 0.2) is 0 Å². The smallest absolute Gasteiger partial charge is 0.303 e. The van der Waals surface area contributed by atoms with E-state index in [0.29, 0.717) is 0 Å². The third-order valence-corrected chi connectivity index (χ3v) is 2.55. The summed E-state index contributed by atoms with van der Waals surface area (Å²) in [6.07, 6.45) is 10.4. The first-order valence-corrected chi connectivity index (χ1v) is 7.22. The highest BCUT2D eigenvalue weighted by atomic mass is 16.4. The molecule has 0 aromatic heterocycles. The molecule has 118 valence electrons. The lowest BCUT2D eigenvalue weighted by Gasteiger charge is -1.98. The highest BCUT2D eigenvalue weighted by Crippen LogP contribution is 2.03. The second-order valence-corrected chi connectivity index (χ2v) is 4.54. The molecule has 0 aliphatic heterocycles. The number of unbranched alkanes of at least 4 members (excludes halogenated alkanes) is 4. The minimum Gasteiger partial charge on any atom is -0.481 e. The fourth-order valence-electron chi connectivity index (χ4n) is 1.29. The second kappa shape index (κ2) is 15.7. The van der Waals surface area contributed by atoms with E-state index in [-0.39, 0.29) is 18.9 Å². The molecule has 0 aliphatic carbocycles. The molecule has 0 amide bonds. The Morgan fingerprint density at radius 2 is 1.55 bits per heavy atom. The molecule has 0 fully saturated rings. The summed E-state index contributed by atoms with van der Waals surface area (Å²) in [5.74, 6) is -2.15. The van der Waals surface area contributed by atoms with Gasteiger partial charge in [-0.2, -0.15) is 0 Å². The number of aliphatic hydroxyl groups excluding tert-OH is 1. The third kappa shape index (κ3) is 21.9. The van der Waals surface area contributed by atoms with Crippen LogP contribution in [0.3, 0.4) is 0 Å². The van der Waals surface area contributed by atoms with Gasteiger partial charge in [-0.05, 0) is 19.3 Å². The molecular weight excluding hydrogens is 260 g/mol. The Bertz CT molecular complexity index is 259. The molecule has 5 nitrogen and oxygen atoms in total. The van der Waals surface area contributed by atoms with Gasteiger partial charge in [-0.1, -0.05) is 45.3 Å². The first kappa shape index (κ1) is 20.9. The SMILES string of the molecule is CCCCCCC=CC(O)CC.O=C(O)CCC(=O)O. The van der Waals surface area contributed by atoms with Gasteiger partial charge >= 0.3 is 11.9 Å². The Labute approximate surface area is 121 Å². The maximum Gasteiger partial charge on any atom is 0.303 e. The van der Waals surface area contributed by atoms with Gasteiger partial charge in [-0.3, -0.25) is 9.59 Å². The van der Waals surface area contributed by atoms with E-state index in [4.69, 9.17) is 10.2 Å². The molecule has 0 aromatic rings. The highest BCUT2D eigenvalue weighted by Gasteiger charge is 2.00. The van der Waals surface area contributed by atoms with Gasteiger partial charge < -0.3 is 15.3 Å². The van der Waals surface area contributed by atoms with E-state index >= 15 is 0 Å². The topological polar surface area (TPSA) is 94.8 Å². The number of rotatable bonds is 10. The summed E-state index contributed by atoms with van der Waals surface area (Å²) in [4.78, 5) is 19.3. The van der Waals surface area contributed by atoms with Crippen molar-refractivity contribution in [2.45, 2.75) is 71.3 Å². The number of carbonyl (C=O) groups is 2. The summed E-state index contributed by atoms with van der Waals surface area (Å²) in [6.45, 7) is 4.21. The normalized spacial score (nSPS) is 11.8. The minimum atomic E-state index is -1.08. The number of carboxylic acid groups (broad SMARTS) is 2. The molecule has 0 spiro atoms. The number of hydrogen-bond donors (Lipinski definition) is 3. The lowest BCUT2D eigenvalue weighted by Crippen LogP contribution is -2.00. The Kier molecular flexibility index (Phi) is 16.4. The van der Waals surface area contributed by atoms with Crippen molar-refractivity contribution in [2.24, 2.45) is 0 Å². The van der Waals surface area contributed by atoms with E-state index < -0.39 is 11.9 Å². The molecule has 0 saturated carbocycles. The second-order valence-electron chi connectivity index (χ2n) is 4.54. The first-order chi connectivity index (χ1) is 9.43. The predicted octanol–water partition coefficient (Wildman–Crippen LogP) is 3.22. The van der Waals surface area contributed by atoms with E-state index in [9.17, 15) is 14.7 Å². The van der Waals surface area contributed by atoms with Crippen LogP contribution in [-0.4, -0.2) is 33.4 Å². The Morgan fingerprint density at radius 1 is 1.00 bits per heavy atom. The van der Waals surface area contributed by atoms with Crippen molar-refractivity contribution < 1.29 is 24.9 Å². The Balaban J connectivity index is 0. The van der Waals surface area contributed by atoms with Crippen LogP contribution in [0.1, 0.15) is 65.2 Å². The van der Waals surface area contributed by atoms with Gasteiger partial charge in [-0.15, -0.1) is 0 Å².